The van der Waals surface area contributed by atoms with Crippen LogP contribution in [0, 0.1) is 0 Å². The second-order valence-electron chi connectivity index (χ2n) is 3.96. The average molecular weight is 296 g/mol. The van der Waals surface area contributed by atoms with Crippen molar-refractivity contribution >= 4 is 34.3 Å². The summed E-state index contributed by atoms with van der Waals surface area (Å²) in [5.41, 5.74) is 1.34. The highest BCUT2D eigenvalue weighted by Crippen LogP contribution is 2.35. The van der Waals surface area contributed by atoms with Crippen molar-refractivity contribution < 1.29 is 14.6 Å². The number of rotatable bonds is 1. The molecule has 4 nitrogen and oxygen atoms in total. The number of fused-ring (bicyclic) bond motifs is 1. The van der Waals surface area contributed by atoms with E-state index in [4.69, 9.17) is 27.6 Å². The SMILES string of the molecule is Oc1ccc(-c2nc3c(Cl)cc(O)cc3o2)c(Cl)c1. The van der Waals surface area contributed by atoms with Crippen molar-refractivity contribution in [3.63, 3.8) is 0 Å². The molecule has 0 unspecified atom stereocenters. The fraction of sp³-hybridized carbons (Fsp3) is 0. The minimum Gasteiger partial charge on any atom is -0.508 e. The van der Waals surface area contributed by atoms with E-state index in [1.165, 1.54) is 24.3 Å². The molecule has 0 fully saturated rings. The van der Waals surface area contributed by atoms with Crippen LogP contribution in [0.25, 0.3) is 22.6 Å². The van der Waals surface area contributed by atoms with Gasteiger partial charge >= 0.3 is 0 Å². The van der Waals surface area contributed by atoms with Gasteiger partial charge in [-0.25, -0.2) is 4.98 Å². The van der Waals surface area contributed by atoms with Crippen molar-refractivity contribution in [1.29, 1.82) is 0 Å². The molecule has 96 valence electrons. The molecule has 0 bridgehead atoms. The first-order valence-corrected chi connectivity index (χ1v) is 6.08. The number of halogens is 2. The first-order chi connectivity index (χ1) is 9.04. The molecule has 1 heterocycles. The average Bonchev–Trinajstić information content (AvgIpc) is 2.72. The summed E-state index contributed by atoms with van der Waals surface area (Å²) in [6.07, 6.45) is 0. The normalized spacial score (nSPS) is 11.1. The fourth-order valence-corrected chi connectivity index (χ4v) is 2.27. The zero-order chi connectivity index (χ0) is 13.6. The molecule has 2 N–H and O–H groups in total. The lowest BCUT2D eigenvalue weighted by atomic mass is 10.2. The number of aromatic hydroxyl groups is 2. The van der Waals surface area contributed by atoms with Crippen LogP contribution in [-0.4, -0.2) is 15.2 Å². The van der Waals surface area contributed by atoms with E-state index in [-0.39, 0.29) is 17.4 Å². The van der Waals surface area contributed by atoms with E-state index in [1.807, 2.05) is 0 Å². The Kier molecular flexibility index (Phi) is 2.77. The summed E-state index contributed by atoms with van der Waals surface area (Å²) in [7, 11) is 0. The second-order valence-corrected chi connectivity index (χ2v) is 4.77. The molecule has 3 aromatic rings. The predicted octanol–water partition coefficient (Wildman–Crippen LogP) is 4.21. The smallest absolute Gasteiger partial charge is 0.228 e. The minimum atomic E-state index is -0.00277. The highest BCUT2D eigenvalue weighted by atomic mass is 35.5. The van der Waals surface area contributed by atoms with E-state index in [1.54, 1.807) is 6.07 Å². The minimum absolute atomic E-state index is 0.00277. The van der Waals surface area contributed by atoms with Crippen molar-refractivity contribution in [1.82, 2.24) is 4.98 Å². The molecule has 2 aromatic carbocycles. The molecule has 0 aliphatic carbocycles. The molecule has 0 saturated carbocycles. The second kappa shape index (κ2) is 4.33. The topological polar surface area (TPSA) is 66.5 Å². The molecular weight excluding hydrogens is 289 g/mol. The summed E-state index contributed by atoms with van der Waals surface area (Å²) in [6, 6.07) is 7.27. The Hall–Kier alpha value is -1.91. The Bertz CT molecular complexity index is 783. The molecule has 0 aliphatic heterocycles. The number of benzene rings is 2. The third-order valence-electron chi connectivity index (χ3n) is 2.62. The Labute approximate surface area is 117 Å². The van der Waals surface area contributed by atoms with Crippen molar-refractivity contribution in [2.45, 2.75) is 0 Å². The lowest BCUT2D eigenvalue weighted by molar-refractivity contribution is 0.474. The van der Waals surface area contributed by atoms with Gasteiger partial charge in [-0.05, 0) is 18.2 Å². The molecule has 1 aromatic heterocycles. The van der Waals surface area contributed by atoms with E-state index in [2.05, 4.69) is 4.98 Å². The van der Waals surface area contributed by atoms with Crippen LogP contribution in [0.4, 0.5) is 0 Å². The molecular formula is C13H7Cl2NO3. The number of hydrogen-bond acceptors (Lipinski definition) is 4. The maximum absolute atomic E-state index is 9.45. The molecule has 0 saturated heterocycles. The molecule has 0 spiro atoms. The summed E-state index contributed by atoms with van der Waals surface area (Å²) < 4.78 is 5.51. The molecule has 0 atom stereocenters. The number of oxazole rings is 1. The number of hydrogen-bond donors (Lipinski definition) is 2. The van der Waals surface area contributed by atoms with Gasteiger partial charge in [-0.15, -0.1) is 0 Å². The summed E-state index contributed by atoms with van der Waals surface area (Å²) in [5.74, 6) is 0.324. The van der Waals surface area contributed by atoms with E-state index in [9.17, 15) is 10.2 Å². The number of phenols is 2. The van der Waals surface area contributed by atoms with Crippen molar-refractivity contribution in [3.05, 3.63) is 40.4 Å². The van der Waals surface area contributed by atoms with E-state index < -0.39 is 0 Å². The van der Waals surface area contributed by atoms with Crippen LogP contribution in [0.15, 0.2) is 34.7 Å². The van der Waals surface area contributed by atoms with Gasteiger partial charge in [0.05, 0.1) is 15.6 Å². The molecule has 0 aliphatic rings. The van der Waals surface area contributed by atoms with Gasteiger partial charge in [-0.3, -0.25) is 0 Å². The van der Waals surface area contributed by atoms with Crippen LogP contribution in [0.3, 0.4) is 0 Å². The predicted molar refractivity (Wildman–Crippen MR) is 72.8 cm³/mol. The fourth-order valence-electron chi connectivity index (χ4n) is 1.77. The maximum Gasteiger partial charge on any atom is 0.228 e. The highest BCUT2D eigenvalue weighted by molar-refractivity contribution is 6.35. The van der Waals surface area contributed by atoms with Gasteiger partial charge in [0.15, 0.2) is 5.58 Å². The van der Waals surface area contributed by atoms with Crippen LogP contribution in [0.1, 0.15) is 0 Å². The van der Waals surface area contributed by atoms with E-state index in [0.717, 1.165) is 0 Å². The van der Waals surface area contributed by atoms with Gasteiger partial charge in [0, 0.05) is 12.1 Å². The Balaban J connectivity index is 2.23. The van der Waals surface area contributed by atoms with Crippen molar-refractivity contribution in [2.75, 3.05) is 0 Å². The molecule has 3 rings (SSSR count). The highest BCUT2D eigenvalue weighted by Gasteiger charge is 2.14. The monoisotopic (exact) mass is 295 g/mol. The van der Waals surface area contributed by atoms with Crippen LogP contribution in [0.2, 0.25) is 10.0 Å². The maximum atomic E-state index is 9.45. The molecule has 6 heteroatoms. The Morgan fingerprint density at radius 2 is 1.68 bits per heavy atom. The lowest BCUT2D eigenvalue weighted by Crippen LogP contribution is -1.79. The Morgan fingerprint density at radius 1 is 0.947 bits per heavy atom. The number of nitrogens with zero attached hydrogens (tertiary/aromatic N) is 1. The lowest BCUT2D eigenvalue weighted by Gasteiger charge is -1.99. The van der Waals surface area contributed by atoms with E-state index >= 15 is 0 Å². The van der Waals surface area contributed by atoms with Crippen LogP contribution in [0.5, 0.6) is 11.5 Å². The van der Waals surface area contributed by atoms with Gasteiger partial charge in [0.1, 0.15) is 17.0 Å². The number of aromatic nitrogens is 1. The first-order valence-electron chi connectivity index (χ1n) is 5.32. The van der Waals surface area contributed by atoms with Gasteiger partial charge in [-0.1, -0.05) is 23.2 Å². The standard InChI is InChI=1S/C13H7Cl2NO3/c14-9-3-6(17)1-2-8(9)13-16-12-10(15)4-7(18)5-11(12)19-13/h1-5,17-18H. The summed E-state index contributed by atoms with van der Waals surface area (Å²) in [4.78, 5) is 4.24. The Morgan fingerprint density at radius 3 is 2.42 bits per heavy atom. The van der Waals surface area contributed by atoms with Crippen molar-refractivity contribution in [3.8, 4) is 23.0 Å². The van der Waals surface area contributed by atoms with Gasteiger partial charge in [-0.2, -0.15) is 0 Å². The zero-order valence-corrected chi connectivity index (χ0v) is 10.9. The zero-order valence-electron chi connectivity index (χ0n) is 9.39. The molecule has 19 heavy (non-hydrogen) atoms. The quantitative estimate of drug-likeness (QED) is 0.705. The van der Waals surface area contributed by atoms with E-state index in [0.29, 0.717) is 26.7 Å². The largest absolute Gasteiger partial charge is 0.508 e. The van der Waals surface area contributed by atoms with Gasteiger partial charge < -0.3 is 14.6 Å². The number of phenolic OH excluding ortho intramolecular Hbond substituents is 2. The van der Waals surface area contributed by atoms with Crippen molar-refractivity contribution in [2.24, 2.45) is 0 Å². The van der Waals surface area contributed by atoms with Gasteiger partial charge in [0.2, 0.25) is 5.89 Å². The van der Waals surface area contributed by atoms with Crippen LogP contribution < -0.4 is 0 Å². The molecule has 0 radical (unpaired) electrons. The summed E-state index contributed by atoms with van der Waals surface area (Å²) in [6.45, 7) is 0. The third kappa shape index (κ3) is 2.09. The third-order valence-corrected chi connectivity index (χ3v) is 3.22. The van der Waals surface area contributed by atoms with Gasteiger partial charge in [0.25, 0.3) is 0 Å². The van der Waals surface area contributed by atoms with Crippen LogP contribution in [-0.2, 0) is 0 Å². The summed E-state index contributed by atoms with van der Waals surface area (Å²) in [5, 5.41) is 19.4. The first kappa shape index (κ1) is 12.1. The van der Waals surface area contributed by atoms with Crippen LogP contribution >= 0.6 is 23.2 Å². The molecule has 0 amide bonds. The summed E-state index contributed by atoms with van der Waals surface area (Å²) >= 11 is 12.0.